The number of nitrogens with zero attached hydrogens (tertiary/aromatic N) is 3. The highest BCUT2D eigenvalue weighted by Crippen LogP contribution is 2.17. The number of nitrogens with one attached hydrogen (secondary N) is 1. The van der Waals surface area contributed by atoms with Crippen molar-refractivity contribution in [3.63, 3.8) is 0 Å². The van der Waals surface area contributed by atoms with Crippen molar-refractivity contribution in [2.75, 3.05) is 7.11 Å². The molecule has 3 rings (SSSR count). The molecule has 0 radical (unpaired) electrons. The topological polar surface area (TPSA) is 89.3 Å². The van der Waals surface area contributed by atoms with Crippen molar-refractivity contribution in [3.05, 3.63) is 52.4 Å². The Hall–Kier alpha value is -2.96. The Morgan fingerprint density at radius 1 is 1.25 bits per heavy atom. The lowest BCUT2D eigenvalue weighted by molar-refractivity contribution is 0.0590. The maximum Gasteiger partial charge on any atom is 0.364 e. The second-order valence-corrected chi connectivity index (χ2v) is 4.07. The molecule has 0 bridgehead atoms. The highest BCUT2D eigenvalue weighted by Gasteiger charge is 2.17. The van der Waals surface area contributed by atoms with Gasteiger partial charge in [-0.25, -0.2) is 4.79 Å². The van der Waals surface area contributed by atoms with Gasteiger partial charge in [0.15, 0.2) is 5.65 Å². The first kappa shape index (κ1) is 12.1. The first-order valence-electron chi connectivity index (χ1n) is 5.83. The van der Waals surface area contributed by atoms with Crippen LogP contribution < -0.4 is 5.56 Å². The van der Waals surface area contributed by atoms with E-state index in [1.165, 1.54) is 11.6 Å². The van der Waals surface area contributed by atoms with Crippen LogP contribution in [-0.4, -0.2) is 32.9 Å². The second-order valence-electron chi connectivity index (χ2n) is 4.07. The van der Waals surface area contributed by atoms with E-state index in [1.54, 1.807) is 6.07 Å². The molecule has 0 aliphatic heterocycles. The van der Waals surface area contributed by atoms with Crippen molar-refractivity contribution < 1.29 is 9.53 Å². The Morgan fingerprint density at radius 3 is 2.70 bits per heavy atom. The molecule has 7 nitrogen and oxygen atoms in total. The summed E-state index contributed by atoms with van der Waals surface area (Å²) in [7, 11) is 1.18. The molecular formula is C13H10N4O3. The Balaban J connectivity index is 2.20. The van der Waals surface area contributed by atoms with E-state index < -0.39 is 11.5 Å². The van der Waals surface area contributed by atoms with E-state index >= 15 is 0 Å². The minimum absolute atomic E-state index is 0.335. The minimum Gasteiger partial charge on any atom is -0.464 e. The number of esters is 1. The molecular weight excluding hydrogens is 260 g/mol. The van der Waals surface area contributed by atoms with Crippen molar-refractivity contribution in [1.29, 1.82) is 0 Å². The molecule has 100 valence electrons. The zero-order valence-electron chi connectivity index (χ0n) is 10.5. The molecule has 20 heavy (non-hydrogen) atoms. The van der Waals surface area contributed by atoms with Gasteiger partial charge in [-0.1, -0.05) is 30.3 Å². The van der Waals surface area contributed by atoms with E-state index in [2.05, 4.69) is 20.0 Å². The first-order valence-corrected chi connectivity index (χ1v) is 5.83. The van der Waals surface area contributed by atoms with Crippen LogP contribution >= 0.6 is 0 Å². The maximum atomic E-state index is 12.1. The van der Waals surface area contributed by atoms with Gasteiger partial charge < -0.3 is 4.74 Å². The number of hydrogen-bond acceptors (Lipinski definition) is 5. The zero-order chi connectivity index (χ0) is 14.1. The number of aromatic nitrogens is 4. The number of methoxy groups -OCH3 is 1. The van der Waals surface area contributed by atoms with Crippen LogP contribution in [0.3, 0.4) is 0 Å². The van der Waals surface area contributed by atoms with Gasteiger partial charge in [-0.2, -0.15) is 4.52 Å². The van der Waals surface area contributed by atoms with E-state index in [9.17, 15) is 9.59 Å². The molecule has 1 N–H and O–H groups in total. The van der Waals surface area contributed by atoms with Crippen LogP contribution in [0.2, 0.25) is 0 Å². The number of aromatic amines is 1. The van der Waals surface area contributed by atoms with Crippen LogP contribution in [0.15, 0.2) is 41.2 Å². The van der Waals surface area contributed by atoms with Crippen molar-refractivity contribution >= 4 is 11.6 Å². The number of rotatable bonds is 2. The monoisotopic (exact) mass is 270 g/mol. The molecule has 0 unspecified atom stereocenters. The molecule has 0 saturated heterocycles. The van der Waals surface area contributed by atoms with Crippen LogP contribution in [0.5, 0.6) is 0 Å². The fourth-order valence-corrected chi connectivity index (χ4v) is 1.87. The summed E-state index contributed by atoms with van der Waals surface area (Å²) in [5.41, 5.74) is 0.994. The summed E-state index contributed by atoms with van der Waals surface area (Å²) in [6, 6.07) is 11.1. The number of carbonyl (C=O) groups is 1. The van der Waals surface area contributed by atoms with Gasteiger partial charge >= 0.3 is 11.5 Å². The molecule has 0 aliphatic carbocycles. The fourth-order valence-electron chi connectivity index (χ4n) is 1.87. The van der Waals surface area contributed by atoms with E-state index in [0.29, 0.717) is 11.3 Å². The van der Waals surface area contributed by atoms with Gasteiger partial charge in [0.1, 0.15) is 0 Å². The van der Waals surface area contributed by atoms with Crippen molar-refractivity contribution in [1.82, 2.24) is 19.8 Å². The molecule has 0 saturated carbocycles. The molecule has 3 aromatic rings. The van der Waals surface area contributed by atoms with E-state index in [1.807, 2.05) is 30.3 Å². The van der Waals surface area contributed by atoms with E-state index in [4.69, 9.17) is 0 Å². The average molecular weight is 270 g/mol. The van der Waals surface area contributed by atoms with Gasteiger partial charge in [0.25, 0.3) is 0 Å². The van der Waals surface area contributed by atoms with Gasteiger partial charge in [-0.15, -0.1) is 10.2 Å². The van der Waals surface area contributed by atoms with Crippen molar-refractivity contribution in [2.24, 2.45) is 0 Å². The number of carbonyl (C=O) groups excluding carboxylic acids is 1. The molecule has 0 amide bonds. The van der Waals surface area contributed by atoms with Crippen molar-refractivity contribution in [3.8, 4) is 11.3 Å². The molecule has 0 spiro atoms. The standard InChI is InChI=1S/C13H10N4O3/c1-20-13(19)11-12(18)17-10(14-15-11)7-9(16-17)8-5-3-2-4-6-8/h2-7,16H,1H3. The normalized spacial score (nSPS) is 10.7. The smallest absolute Gasteiger partial charge is 0.364 e. The Morgan fingerprint density at radius 2 is 2.00 bits per heavy atom. The lowest BCUT2D eigenvalue weighted by Gasteiger charge is -1.97. The van der Waals surface area contributed by atoms with Crippen LogP contribution in [0.1, 0.15) is 10.5 Å². The highest BCUT2D eigenvalue weighted by molar-refractivity contribution is 5.86. The number of ether oxygens (including phenoxy) is 1. The van der Waals surface area contributed by atoms with Crippen molar-refractivity contribution in [2.45, 2.75) is 0 Å². The third-order valence-corrected chi connectivity index (χ3v) is 2.86. The quantitative estimate of drug-likeness (QED) is 0.698. The SMILES string of the molecule is COC(=O)c1nnc2cc(-c3ccccc3)[nH]n2c1=O. The lowest BCUT2D eigenvalue weighted by Crippen LogP contribution is -2.26. The number of fused-ring (bicyclic) bond motifs is 1. The van der Waals surface area contributed by atoms with Gasteiger partial charge in [0.05, 0.1) is 12.8 Å². The second kappa shape index (κ2) is 4.61. The lowest BCUT2D eigenvalue weighted by atomic mass is 10.2. The maximum absolute atomic E-state index is 12.1. The molecule has 2 heterocycles. The largest absolute Gasteiger partial charge is 0.464 e. The molecule has 0 aliphatic rings. The molecule has 0 fully saturated rings. The summed E-state index contributed by atoms with van der Waals surface area (Å²) < 4.78 is 5.66. The van der Waals surface area contributed by atoms with Crippen LogP contribution in [0.25, 0.3) is 16.9 Å². The van der Waals surface area contributed by atoms with Crippen LogP contribution in [0, 0.1) is 0 Å². The van der Waals surface area contributed by atoms with Gasteiger partial charge in [-0.05, 0) is 5.56 Å². The molecule has 2 aromatic heterocycles. The Bertz CT molecular complexity index is 836. The Kier molecular flexibility index (Phi) is 2.79. The fraction of sp³-hybridized carbons (Fsp3) is 0.0769. The third kappa shape index (κ3) is 1.85. The number of H-pyrrole nitrogens is 1. The highest BCUT2D eigenvalue weighted by atomic mass is 16.5. The summed E-state index contributed by atoms with van der Waals surface area (Å²) in [6.45, 7) is 0. The molecule has 7 heteroatoms. The third-order valence-electron chi connectivity index (χ3n) is 2.86. The average Bonchev–Trinajstić information content (AvgIpc) is 2.93. The first-order chi connectivity index (χ1) is 9.70. The van der Waals surface area contributed by atoms with Gasteiger partial charge in [0.2, 0.25) is 5.69 Å². The van der Waals surface area contributed by atoms with Gasteiger partial charge in [-0.3, -0.25) is 9.89 Å². The van der Waals surface area contributed by atoms with Gasteiger partial charge in [0, 0.05) is 6.07 Å². The molecule has 1 aromatic carbocycles. The summed E-state index contributed by atoms with van der Waals surface area (Å²) in [6.07, 6.45) is 0. The summed E-state index contributed by atoms with van der Waals surface area (Å²) in [5, 5.41) is 10.3. The minimum atomic E-state index is -0.812. The van der Waals surface area contributed by atoms with E-state index in [0.717, 1.165) is 5.56 Å². The summed E-state index contributed by atoms with van der Waals surface area (Å²) in [4.78, 5) is 23.5. The predicted octanol–water partition coefficient (Wildman–Crippen LogP) is 0.871. The van der Waals surface area contributed by atoms with Crippen LogP contribution in [0.4, 0.5) is 0 Å². The number of benzene rings is 1. The summed E-state index contributed by atoms with van der Waals surface area (Å²) >= 11 is 0. The predicted molar refractivity (Wildman–Crippen MR) is 70.4 cm³/mol. The Labute approximate surface area is 112 Å². The number of hydrogen-bond donors (Lipinski definition) is 1. The van der Waals surface area contributed by atoms with E-state index in [-0.39, 0.29) is 5.69 Å². The summed E-state index contributed by atoms with van der Waals surface area (Å²) in [5.74, 6) is -0.812. The zero-order valence-corrected chi connectivity index (χ0v) is 10.5. The molecule has 0 atom stereocenters. The van der Waals surface area contributed by atoms with Crippen LogP contribution in [-0.2, 0) is 4.74 Å².